The number of methoxy groups -OCH3 is 1. The van der Waals surface area contributed by atoms with Crippen LogP contribution in [0.5, 0.6) is 0 Å². The molecule has 0 amide bonds. The van der Waals surface area contributed by atoms with E-state index in [2.05, 4.69) is 4.98 Å². The maximum absolute atomic E-state index is 5.76. The SMILES string of the molecule is COCC(N)Cc1cccnc1. The van der Waals surface area contributed by atoms with E-state index in [0.29, 0.717) is 6.61 Å². The molecule has 2 N–H and O–H groups in total. The minimum Gasteiger partial charge on any atom is -0.383 e. The molecule has 0 aliphatic carbocycles. The third-order valence-corrected chi connectivity index (χ3v) is 1.60. The molecule has 1 aromatic heterocycles. The molecule has 0 spiro atoms. The van der Waals surface area contributed by atoms with Gasteiger partial charge in [-0.2, -0.15) is 0 Å². The van der Waals surface area contributed by atoms with Crippen molar-refractivity contribution in [1.29, 1.82) is 0 Å². The number of aromatic nitrogens is 1. The first kappa shape index (κ1) is 9.16. The molecular weight excluding hydrogens is 152 g/mol. The van der Waals surface area contributed by atoms with Gasteiger partial charge in [0.25, 0.3) is 0 Å². The van der Waals surface area contributed by atoms with E-state index in [1.54, 1.807) is 13.3 Å². The molecular formula is C9H14N2O. The maximum atomic E-state index is 5.76. The standard InChI is InChI=1S/C9H14N2O/c1-12-7-9(10)5-8-3-2-4-11-6-8/h2-4,6,9H,5,7,10H2,1H3. The van der Waals surface area contributed by atoms with E-state index >= 15 is 0 Å². The summed E-state index contributed by atoms with van der Waals surface area (Å²) in [7, 11) is 1.66. The normalized spacial score (nSPS) is 12.8. The number of nitrogens with zero attached hydrogens (tertiary/aromatic N) is 1. The largest absolute Gasteiger partial charge is 0.383 e. The molecule has 3 nitrogen and oxygen atoms in total. The fourth-order valence-corrected chi connectivity index (χ4v) is 1.09. The second-order valence-electron chi connectivity index (χ2n) is 2.78. The Hall–Kier alpha value is -0.930. The van der Waals surface area contributed by atoms with Gasteiger partial charge in [0.05, 0.1) is 6.61 Å². The van der Waals surface area contributed by atoms with Gasteiger partial charge in [0.1, 0.15) is 0 Å². The molecule has 0 bridgehead atoms. The van der Waals surface area contributed by atoms with E-state index in [-0.39, 0.29) is 6.04 Å². The highest BCUT2D eigenvalue weighted by atomic mass is 16.5. The zero-order valence-corrected chi connectivity index (χ0v) is 7.23. The molecule has 0 fully saturated rings. The Morgan fingerprint density at radius 2 is 2.50 bits per heavy atom. The average molecular weight is 166 g/mol. The van der Waals surface area contributed by atoms with Gasteiger partial charge in [-0.15, -0.1) is 0 Å². The van der Waals surface area contributed by atoms with Crippen LogP contribution in [0.4, 0.5) is 0 Å². The molecule has 0 saturated carbocycles. The monoisotopic (exact) mass is 166 g/mol. The second-order valence-corrected chi connectivity index (χ2v) is 2.78. The van der Waals surface area contributed by atoms with Gasteiger partial charge >= 0.3 is 0 Å². The van der Waals surface area contributed by atoms with Crippen molar-refractivity contribution < 1.29 is 4.74 Å². The summed E-state index contributed by atoms with van der Waals surface area (Å²) < 4.78 is 4.93. The van der Waals surface area contributed by atoms with Crippen molar-refractivity contribution in [2.24, 2.45) is 5.73 Å². The molecule has 66 valence electrons. The number of rotatable bonds is 4. The summed E-state index contributed by atoms with van der Waals surface area (Å²) in [6, 6.07) is 4.00. The lowest BCUT2D eigenvalue weighted by atomic mass is 10.1. The quantitative estimate of drug-likeness (QED) is 0.712. The van der Waals surface area contributed by atoms with Crippen LogP contribution in [-0.2, 0) is 11.2 Å². The average Bonchev–Trinajstić information content (AvgIpc) is 2.06. The highest BCUT2D eigenvalue weighted by molar-refractivity contribution is 5.09. The van der Waals surface area contributed by atoms with Gasteiger partial charge in [0.15, 0.2) is 0 Å². The van der Waals surface area contributed by atoms with Crippen LogP contribution in [0, 0.1) is 0 Å². The van der Waals surface area contributed by atoms with Crippen molar-refractivity contribution in [3.8, 4) is 0 Å². The van der Waals surface area contributed by atoms with Gasteiger partial charge < -0.3 is 10.5 Å². The third kappa shape index (κ3) is 2.98. The summed E-state index contributed by atoms with van der Waals surface area (Å²) in [5.41, 5.74) is 6.92. The Morgan fingerprint density at radius 3 is 3.08 bits per heavy atom. The van der Waals surface area contributed by atoms with Crippen LogP contribution in [0.15, 0.2) is 24.5 Å². The van der Waals surface area contributed by atoms with Crippen LogP contribution < -0.4 is 5.73 Å². The Morgan fingerprint density at radius 1 is 1.67 bits per heavy atom. The van der Waals surface area contributed by atoms with Gasteiger partial charge in [-0.1, -0.05) is 6.07 Å². The van der Waals surface area contributed by atoms with Crippen molar-refractivity contribution in [2.45, 2.75) is 12.5 Å². The minimum atomic E-state index is 0.0687. The predicted octanol–water partition coefficient (Wildman–Crippen LogP) is 0.598. The van der Waals surface area contributed by atoms with Gasteiger partial charge in [-0.05, 0) is 18.1 Å². The smallest absolute Gasteiger partial charge is 0.0616 e. The van der Waals surface area contributed by atoms with Crippen molar-refractivity contribution >= 4 is 0 Å². The zero-order chi connectivity index (χ0) is 8.81. The third-order valence-electron chi connectivity index (χ3n) is 1.60. The summed E-state index contributed by atoms with van der Waals surface area (Å²) in [5.74, 6) is 0. The molecule has 0 saturated heterocycles. The molecule has 0 radical (unpaired) electrons. The van der Waals surface area contributed by atoms with Crippen molar-refractivity contribution in [1.82, 2.24) is 4.98 Å². The first-order valence-electron chi connectivity index (χ1n) is 3.96. The van der Waals surface area contributed by atoms with Crippen molar-refractivity contribution in [2.75, 3.05) is 13.7 Å². The number of ether oxygens (including phenoxy) is 1. The minimum absolute atomic E-state index is 0.0687. The Kier molecular flexibility index (Phi) is 3.70. The molecule has 1 rings (SSSR count). The lowest BCUT2D eigenvalue weighted by Gasteiger charge is -2.09. The number of pyridine rings is 1. The molecule has 3 heteroatoms. The van der Waals surface area contributed by atoms with Gasteiger partial charge in [-0.3, -0.25) is 4.98 Å². The van der Waals surface area contributed by atoms with Gasteiger partial charge in [0.2, 0.25) is 0 Å². The highest BCUT2D eigenvalue weighted by Crippen LogP contribution is 1.99. The molecule has 0 aromatic carbocycles. The summed E-state index contributed by atoms with van der Waals surface area (Å²) in [5, 5.41) is 0. The summed E-state index contributed by atoms with van der Waals surface area (Å²) in [6.45, 7) is 0.592. The topological polar surface area (TPSA) is 48.1 Å². The predicted molar refractivity (Wildman–Crippen MR) is 47.8 cm³/mol. The molecule has 1 heterocycles. The molecule has 1 aromatic rings. The fraction of sp³-hybridized carbons (Fsp3) is 0.444. The summed E-state index contributed by atoms with van der Waals surface area (Å²) >= 11 is 0. The van der Waals surface area contributed by atoms with Crippen LogP contribution in [-0.4, -0.2) is 24.7 Å². The molecule has 1 atom stereocenters. The maximum Gasteiger partial charge on any atom is 0.0616 e. The summed E-state index contributed by atoms with van der Waals surface area (Å²) in [4.78, 5) is 4.00. The van der Waals surface area contributed by atoms with Crippen LogP contribution in [0.1, 0.15) is 5.56 Å². The van der Waals surface area contributed by atoms with E-state index in [0.717, 1.165) is 12.0 Å². The van der Waals surface area contributed by atoms with E-state index in [4.69, 9.17) is 10.5 Å². The Labute approximate surface area is 72.6 Å². The zero-order valence-electron chi connectivity index (χ0n) is 7.23. The van der Waals surface area contributed by atoms with E-state index in [9.17, 15) is 0 Å². The van der Waals surface area contributed by atoms with Crippen molar-refractivity contribution in [3.05, 3.63) is 30.1 Å². The van der Waals surface area contributed by atoms with Gasteiger partial charge in [0, 0.05) is 25.5 Å². The number of hydrogen-bond acceptors (Lipinski definition) is 3. The van der Waals surface area contributed by atoms with Crippen LogP contribution in [0.2, 0.25) is 0 Å². The van der Waals surface area contributed by atoms with E-state index in [1.165, 1.54) is 0 Å². The van der Waals surface area contributed by atoms with Crippen LogP contribution in [0.3, 0.4) is 0 Å². The first-order valence-corrected chi connectivity index (χ1v) is 3.96. The first-order chi connectivity index (χ1) is 5.83. The molecule has 12 heavy (non-hydrogen) atoms. The Bertz CT molecular complexity index is 213. The van der Waals surface area contributed by atoms with Crippen molar-refractivity contribution in [3.63, 3.8) is 0 Å². The van der Waals surface area contributed by atoms with E-state index in [1.807, 2.05) is 18.3 Å². The fourth-order valence-electron chi connectivity index (χ4n) is 1.09. The van der Waals surface area contributed by atoms with Crippen LogP contribution >= 0.6 is 0 Å². The number of hydrogen-bond donors (Lipinski definition) is 1. The molecule has 1 unspecified atom stereocenters. The second kappa shape index (κ2) is 4.85. The van der Waals surface area contributed by atoms with E-state index < -0.39 is 0 Å². The molecule has 0 aliphatic rings. The highest BCUT2D eigenvalue weighted by Gasteiger charge is 2.02. The van der Waals surface area contributed by atoms with Gasteiger partial charge in [-0.25, -0.2) is 0 Å². The molecule has 0 aliphatic heterocycles. The summed E-state index contributed by atoms with van der Waals surface area (Å²) in [6.07, 6.45) is 4.41. The van der Waals surface area contributed by atoms with Crippen LogP contribution in [0.25, 0.3) is 0 Å². The Balaban J connectivity index is 2.41. The lowest BCUT2D eigenvalue weighted by Crippen LogP contribution is -2.27. The number of nitrogens with two attached hydrogens (primary N) is 1. The lowest BCUT2D eigenvalue weighted by molar-refractivity contribution is 0.180.